The summed E-state index contributed by atoms with van der Waals surface area (Å²) in [7, 11) is 0. The van der Waals surface area contributed by atoms with Gasteiger partial charge in [-0.3, -0.25) is 4.79 Å². The molecule has 104 valence electrons. The van der Waals surface area contributed by atoms with E-state index in [0.29, 0.717) is 11.2 Å². The molecule has 0 aromatic carbocycles. The minimum Gasteiger partial charge on any atom is -0.339 e. The first-order chi connectivity index (χ1) is 9.31. The van der Waals surface area contributed by atoms with Gasteiger partial charge >= 0.3 is 0 Å². The Hall–Kier alpha value is -1.65. The van der Waals surface area contributed by atoms with Crippen LogP contribution < -0.4 is 5.56 Å². The highest BCUT2D eigenvalue weighted by molar-refractivity contribution is 5.67. The maximum Gasteiger partial charge on any atom is 0.276 e. The third-order valence-electron chi connectivity index (χ3n) is 3.36. The monoisotopic (exact) mass is 262 g/mol. The second-order valence-electron chi connectivity index (χ2n) is 4.99. The van der Waals surface area contributed by atoms with Crippen LogP contribution in [0.5, 0.6) is 0 Å². The van der Waals surface area contributed by atoms with Crippen LogP contribution in [0.25, 0.3) is 11.2 Å². The van der Waals surface area contributed by atoms with Crippen LogP contribution in [-0.4, -0.2) is 19.9 Å². The van der Waals surface area contributed by atoms with Gasteiger partial charge in [0.05, 0.1) is 6.33 Å². The van der Waals surface area contributed by atoms with Gasteiger partial charge < -0.3 is 9.97 Å². The molecule has 0 fully saturated rings. The van der Waals surface area contributed by atoms with Crippen LogP contribution in [0, 0.1) is 0 Å². The van der Waals surface area contributed by atoms with E-state index in [4.69, 9.17) is 0 Å². The molecule has 0 saturated heterocycles. The number of aromatic nitrogens is 4. The molecule has 19 heavy (non-hydrogen) atoms. The number of nitrogens with zero attached hydrogens (tertiary/aromatic N) is 2. The van der Waals surface area contributed by atoms with Gasteiger partial charge in [-0.2, -0.15) is 0 Å². The number of imidazole rings is 1. The van der Waals surface area contributed by atoms with Crippen molar-refractivity contribution in [3.8, 4) is 0 Å². The summed E-state index contributed by atoms with van der Waals surface area (Å²) >= 11 is 0. The van der Waals surface area contributed by atoms with Crippen molar-refractivity contribution >= 4 is 11.2 Å². The average molecular weight is 262 g/mol. The third kappa shape index (κ3) is 3.91. The van der Waals surface area contributed by atoms with E-state index in [1.165, 1.54) is 44.9 Å². The summed E-state index contributed by atoms with van der Waals surface area (Å²) in [6, 6.07) is 0. The lowest BCUT2D eigenvalue weighted by atomic mass is 10.1. The van der Waals surface area contributed by atoms with Crippen molar-refractivity contribution in [1.82, 2.24) is 19.9 Å². The van der Waals surface area contributed by atoms with Crippen LogP contribution in [-0.2, 0) is 6.42 Å². The van der Waals surface area contributed by atoms with E-state index in [1.54, 1.807) is 0 Å². The summed E-state index contributed by atoms with van der Waals surface area (Å²) in [6.45, 7) is 2.23. The molecule has 2 aromatic rings. The maximum atomic E-state index is 11.7. The molecule has 0 radical (unpaired) electrons. The van der Waals surface area contributed by atoms with Crippen LogP contribution in [0.2, 0.25) is 0 Å². The minimum absolute atomic E-state index is 0.125. The van der Waals surface area contributed by atoms with Crippen LogP contribution >= 0.6 is 0 Å². The van der Waals surface area contributed by atoms with E-state index >= 15 is 0 Å². The molecule has 0 aliphatic rings. The lowest BCUT2D eigenvalue weighted by Gasteiger charge is -2.01. The normalized spacial score (nSPS) is 11.2. The Kier molecular flexibility index (Phi) is 5.12. The highest BCUT2D eigenvalue weighted by Crippen LogP contribution is 2.09. The van der Waals surface area contributed by atoms with Gasteiger partial charge in [-0.15, -0.1) is 0 Å². The highest BCUT2D eigenvalue weighted by Gasteiger charge is 2.05. The van der Waals surface area contributed by atoms with Crippen LogP contribution in [0.3, 0.4) is 0 Å². The smallest absolute Gasteiger partial charge is 0.276 e. The zero-order valence-corrected chi connectivity index (χ0v) is 11.5. The Morgan fingerprint density at radius 3 is 2.63 bits per heavy atom. The molecule has 0 aliphatic heterocycles. The number of nitrogens with one attached hydrogen (secondary N) is 2. The summed E-state index contributed by atoms with van der Waals surface area (Å²) in [5.41, 5.74) is 0.852. The molecule has 2 aromatic heterocycles. The quantitative estimate of drug-likeness (QED) is 0.718. The van der Waals surface area contributed by atoms with Crippen molar-refractivity contribution < 1.29 is 0 Å². The fourth-order valence-corrected chi connectivity index (χ4v) is 2.26. The molecule has 0 spiro atoms. The van der Waals surface area contributed by atoms with Gasteiger partial charge in [0.1, 0.15) is 5.82 Å². The lowest BCUT2D eigenvalue weighted by Crippen LogP contribution is -2.11. The molecule has 5 heteroatoms. The van der Waals surface area contributed by atoms with Gasteiger partial charge in [-0.25, -0.2) is 9.97 Å². The minimum atomic E-state index is -0.125. The van der Waals surface area contributed by atoms with Crippen molar-refractivity contribution in [1.29, 1.82) is 0 Å². The number of unbranched alkanes of at least 4 members (excludes halogenated alkanes) is 6. The molecule has 2 rings (SSSR count). The molecule has 2 heterocycles. The van der Waals surface area contributed by atoms with E-state index in [0.717, 1.165) is 18.7 Å². The highest BCUT2D eigenvalue weighted by atomic mass is 16.1. The number of hydrogen-bond donors (Lipinski definition) is 2. The Bertz CT molecular complexity index is 558. The Balaban J connectivity index is 1.77. The number of hydrogen-bond acceptors (Lipinski definition) is 3. The molecule has 0 bridgehead atoms. The van der Waals surface area contributed by atoms with Crippen LogP contribution in [0.15, 0.2) is 11.1 Å². The molecule has 2 N–H and O–H groups in total. The zero-order chi connectivity index (χ0) is 13.5. The van der Waals surface area contributed by atoms with Gasteiger partial charge in [0.2, 0.25) is 0 Å². The van der Waals surface area contributed by atoms with Crippen LogP contribution in [0.4, 0.5) is 0 Å². The second-order valence-corrected chi connectivity index (χ2v) is 4.99. The summed E-state index contributed by atoms with van der Waals surface area (Å²) in [4.78, 5) is 25.7. The van der Waals surface area contributed by atoms with Gasteiger partial charge in [-0.05, 0) is 6.42 Å². The predicted octanol–water partition coefficient (Wildman–Crippen LogP) is 2.94. The average Bonchev–Trinajstić information content (AvgIpc) is 2.86. The van der Waals surface area contributed by atoms with Crippen molar-refractivity contribution in [3.05, 3.63) is 22.5 Å². The largest absolute Gasteiger partial charge is 0.339 e. The molecule has 5 nitrogen and oxygen atoms in total. The first-order valence-electron chi connectivity index (χ1n) is 7.23. The number of aryl methyl sites for hydroxylation is 1. The number of H-pyrrole nitrogens is 2. The number of rotatable bonds is 8. The summed E-state index contributed by atoms with van der Waals surface area (Å²) in [5, 5.41) is 0. The molecule has 0 saturated carbocycles. The summed E-state index contributed by atoms with van der Waals surface area (Å²) in [5.74, 6) is 0.748. The molecule has 0 unspecified atom stereocenters. The van der Waals surface area contributed by atoms with Crippen molar-refractivity contribution in [2.75, 3.05) is 0 Å². The number of aromatic amines is 2. The number of fused-ring (bicyclic) bond motifs is 1. The van der Waals surface area contributed by atoms with Crippen molar-refractivity contribution in [3.63, 3.8) is 0 Å². The Morgan fingerprint density at radius 1 is 1.11 bits per heavy atom. The van der Waals surface area contributed by atoms with E-state index in [1.807, 2.05) is 0 Å². The maximum absolute atomic E-state index is 11.7. The third-order valence-corrected chi connectivity index (χ3v) is 3.36. The second kappa shape index (κ2) is 7.07. The van der Waals surface area contributed by atoms with Gasteiger partial charge in [0, 0.05) is 6.42 Å². The van der Waals surface area contributed by atoms with Gasteiger partial charge in [0.15, 0.2) is 11.2 Å². The van der Waals surface area contributed by atoms with E-state index in [9.17, 15) is 4.79 Å². The van der Waals surface area contributed by atoms with E-state index < -0.39 is 0 Å². The molecule has 0 atom stereocenters. The van der Waals surface area contributed by atoms with E-state index in [2.05, 4.69) is 26.9 Å². The predicted molar refractivity (Wildman–Crippen MR) is 76.2 cm³/mol. The van der Waals surface area contributed by atoms with Crippen molar-refractivity contribution in [2.24, 2.45) is 0 Å². The summed E-state index contributed by atoms with van der Waals surface area (Å²) in [6.07, 6.45) is 11.2. The van der Waals surface area contributed by atoms with Gasteiger partial charge in [0.25, 0.3) is 5.56 Å². The van der Waals surface area contributed by atoms with Gasteiger partial charge in [-0.1, -0.05) is 45.4 Å². The molecular weight excluding hydrogens is 240 g/mol. The first kappa shape index (κ1) is 13.8. The fourth-order valence-electron chi connectivity index (χ4n) is 2.26. The Labute approximate surface area is 112 Å². The molecule has 0 aliphatic carbocycles. The SMILES string of the molecule is CCCCCCCCCc1nc2nc[nH]c2c(=O)[nH]1. The standard InChI is InChI=1S/C14H22N4O/c1-2-3-4-5-6-7-8-9-11-17-13-12(14(19)18-11)15-10-16-13/h10H,2-9H2,1H3,(H2,15,16,17,18,19). The summed E-state index contributed by atoms with van der Waals surface area (Å²) < 4.78 is 0. The van der Waals surface area contributed by atoms with Crippen LogP contribution in [0.1, 0.15) is 57.7 Å². The first-order valence-corrected chi connectivity index (χ1v) is 7.23. The fraction of sp³-hybridized carbons (Fsp3) is 0.643. The molecular formula is C14H22N4O. The lowest BCUT2D eigenvalue weighted by molar-refractivity contribution is 0.584. The van der Waals surface area contributed by atoms with E-state index in [-0.39, 0.29) is 5.56 Å². The van der Waals surface area contributed by atoms with Crippen molar-refractivity contribution in [2.45, 2.75) is 58.3 Å². The topological polar surface area (TPSA) is 74.4 Å². The Morgan fingerprint density at radius 2 is 1.84 bits per heavy atom. The zero-order valence-electron chi connectivity index (χ0n) is 11.5. The molecule has 0 amide bonds.